The van der Waals surface area contributed by atoms with Gasteiger partial charge in [0.25, 0.3) is 0 Å². The molecule has 0 heterocycles. The predicted octanol–water partition coefficient (Wildman–Crippen LogP) is 19.3. The molecule has 0 bridgehead atoms. The summed E-state index contributed by atoms with van der Waals surface area (Å²) in [6.07, 6.45) is 75.3. The maximum Gasteiger partial charge on any atom is 0.306 e. The molecule has 0 amide bonds. The molecule has 0 saturated carbocycles. The van der Waals surface area contributed by atoms with E-state index < -0.39 is 6.10 Å². The first kappa shape index (κ1) is 65.3. The van der Waals surface area contributed by atoms with E-state index in [-0.39, 0.29) is 31.1 Å². The van der Waals surface area contributed by atoms with Crippen molar-refractivity contribution in [3.05, 3.63) is 97.2 Å². The van der Waals surface area contributed by atoms with Crippen LogP contribution in [0.25, 0.3) is 0 Å². The molecule has 0 aliphatic carbocycles. The first-order valence-electron chi connectivity index (χ1n) is 28.7. The molecule has 0 aromatic carbocycles. The zero-order valence-corrected chi connectivity index (χ0v) is 45.0. The summed E-state index contributed by atoms with van der Waals surface area (Å²) in [4.78, 5) is 38.2. The van der Waals surface area contributed by atoms with Gasteiger partial charge in [-0.3, -0.25) is 14.4 Å². The van der Waals surface area contributed by atoms with Crippen molar-refractivity contribution in [1.29, 1.82) is 0 Å². The molecule has 1 atom stereocenters. The lowest BCUT2D eigenvalue weighted by atomic mass is 10.1. The standard InChI is InChI=1S/C63H106O6/c1-4-7-10-13-16-19-22-25-28-30-31-33-35-38-41-44-47-50-53-56-62(65)68-59-60(58-67-61(64)55-52-49-46-43-40-37-34-27-24-21-18-15-12-9-6-3)69-63(66)57-54-51-48-45-42-39-36-32-29-26-23-20-17-14-11-8-5-2/h7,10,16-17,19-21,24-26,28-29,31,33,38,41,60H,4-6,8-9,11-15,18,22-23,27,30,32,34-37,39-40,42-59H2,1-3H3/b10-7+,19-16+,20-17+,24-21+,28-25+,29-26+,33-31+,41-38+/t60-/m1/s1. The molecule has 394 valence electrons. The monoisotopic (exact) mass is 959 g/mol. The van der Waals surface area contributed by atoms with Gasteiger partial charge in [-0.2, -0.15) is 0 Å². The van der Waals surface area contributed by atoms with Crippen molar-refractivity contribution in [3.63, 3.8) is 0 Å². The fraction of sp³-hybridized carbons (Fsp3) is 0.698. The minimum Gasteiger partial charge on any atom is -0.462 e. The van der Waals surface area contributed by atoms with Gasteiger partial charge in [0.05, 0.1) is 0 Å². The van der Waals surface area contributed by atoms with Crippen LogP contribution in [0.1, 0.15) is 265 Å². The fourth-order valence-corrected chi connectivity index (χ4v) is 7.73. The third-order valence-electron chi connectivity index (χ3n) is 12.0. The van der Waals surface area contributed by atoms with Gasteiger partial charge in [-0.25, -0.2) is 0 Å². The third kappa shape index (κ3) is 55.1. The highest BCUT2D eigenvalue weighted by Gasteiger charge is 2.19. The Morgan fingerprint density at radius 3 is 0.942 bits per heavy atom. The molecule has 0 rings (SSSR count). The van der Waals surface area contributed by atoms with Gasteiger partial charge in [-0.1, -0.05) is 221 Å². The van der Waals surface area contributed by atoms with Crippen LogP contribution in [0.3, 0.4) is 0 Å². The molecule has 6 nitrogen and oxygen atoms in total. The second-order valence-electron chi connectivity index (χ2n) is 18.8. The van der Waals surface area contributed by atoms with Gasteiger partial charge in [0, 0.05) is 19.3 Å². The molecule has 0 aromatic rings. The molecule has 0 N–H and O–H groups in total. The smallest absolute Gasteiger partial charge is 0.306 e. The van der Waals surface area contributed by atoms with Gasteiger partial charge >= 0.3 is 17.9 Å². The van der Waals surface area contributed by atoms with Crippen molar-refractivity contribution in [1.82, 2.24) is 0 Å². The van der Waals surface area contributed by atoms with Crippen LogP contribution >= 0.6 is 0 Å². The van der Waals surface area contributed by atoms with E-state index in [9.17, 15) is 14.4 Å². The van der Waals surface area contributed by atoms with Crippen molar-refractivity contribution in [2.24, 2.45) is 0 Å². The van der Waals surface area contributed by atoms with Crippen molar-refractivity contribution in [2.45, 2.75) is 271 Å². The minimum absolute atomic E-state index is 0.0940. The van der Waals surface area contributed by atoms with Crippen molar-refractivity contribution in [3.8, 4) is 0 Å². The van der Waals surface area contributed by atoms with Crippen LogP contribution in [-0.4, -0.2) is 37.2 Å². The van der Waals surface area contributed by atoms with Gasteiger partial charge in [0.2, 0.25) is 0 Å². The first-order chi connectivity index (χ1) is 34.0. The van der Waals surface area contributed by atoms with E-state index in [1.54, 1.807) is 0 Å². The summed E-state index contributed by atoms with van der Waals surface area (Å²) in [7, 11) is 0. The van der Waals surface area contributed by atoms with Crippen LogP contribution in [-0.2, 0) is 28.6 Å². The lowest BCUT2D eigenvalue weighted by molar-refractivity contribution is -0.167. The maximum absolute atomic E-state index is 12.9. The quantitative estimate of drug-likeness (QED) is 0.0262. The summed E-state index contributed by atoms with van der Waals surface area (Å²) in [5.41, 5.74) is 0. The highest BCUT2D eigenvalue weighted by molar-refractivity contribution is 5.71. The largest absolute Gasteiger partial charge is 0.462 e. The highest BCUT2D eigenvalue weighted by Crippen LogP contribution is 2.14. The van der Waals surface area contributed by atoms with Crippen LogP contribution in [0.5, 0.6) is 0 Å². The maximum atomic E-state index is 12.9. The molecule has 0 unspecified atom stereocenters. The predicted molar refractivity (Wildman–Crippen MR) is 297 cm³/mol. The molecule has 0 saturated heterocycles. The Morgan fingerprint density at radius 1 is 0.304 bits per heavy atom. The number of allylic oxidation sites excluding steroid dienone is 16. The Bertz CT molecular complexity index is 1380. The molecule has 6 heteroatoms. The number of carbonyl (C=O) groups is 3. The van der Waals surface area contributed by atoms with E-state index in [0.29, 0.717) is 19.3 Å². The number of unbranched alkanes of at least 4 members (excludes halogenated alkanes) is 24. The van der Waals surface area contributed by atoms with Crippen LogP contribution in [0, 0.1) is 0 Å². The normalized spacial score (nSPS) is 12.8. The van der Waals surface area contributed by atoms with E-state index >= 15 is 0 Å². The summed E-state index contributed by atoms with van der Waals surface area (Å²) >= 11 is 0. The van der Waals surface area contributed by atoms with E-state index in [0.717, 1.165) is 109 Å². The lowest BCUT2D eigenvalue weighted by Gasteiger charge is -2.18. The van der Waals surface area contributed by atoms with E-state index in [1.165, 1.54) is 116 Å². The first-order valence-corrected chi connectivity index (χ1v) is 28.7. The Labute approximate surface area is 426 Å². The average molecular weight is 960 g/mol. The van der Waals surface area contributed by atoms with E-state index in [4.69, 9.17) is 14.2 Å². The summed E-state index contributed by atoms with van der Waals surface area (Å²) in [5, 5.41) is 0. The SMILES string of the molecule is CC/C=C/C/C=C/C/C=C/C/C=C/C/C=C/CCCCCC(=O)OC[C@@H](COC(=O)CCCCCCCCC/C=C/CCCCCC)OC(=O)CCCCCCCCC/C=C/C/C=C/CCCCC. The van der Waals surface area contributed by atoms with Gasteiger partial charge in [0.15, 0.2) is 6.10 Å². The number of rotatable bonds is 51. The Morgan fingerprint density at radius 2 is 0.565 bits per heavy atom. The second kappa shape index (κ2) is 56.9. The number of carbonyl (C=O) groups excluding carboxylic acids is 3. The van der Waals surface area contributed by atoms with Crippen molar-refractivity contribution in [2.75, 3.05) is 13.2 Å². The molecular formula is C63H106O6. The second-order valence-corrected chi connectivity index (χ2v) is 18.8. The molecule has 0 aliphatic rings. The van der Waals surface area contributed by atoms with Gasteiger partial charge in [0.1, 0.15) is 13.2 Å². The molecule has 0 fully saturated rings. The third-order valence-corrected chi connectivity index (χ3v) is 12.0. The van der Waals surface area contributed by atoms with E-state index in [1.807, 2.05) is 0 Å². The number of ether oxygens (including phenoxy) is 3. The molecule has 0 radical (unpaired) electrons. The van der Waals surface area contributed by atoms with Gasteiger partial charge in [-0.15, -0.1) is 0 Å². The van der Waals surface area contributed by atoms with Gasteiger partial charge in [-0.05, 0) is 122 Å². The molecule has 0 spiro atoms. The Balaban J connectivity index is 4.47. The topological polar surface area (TPSA) is 78.9 Å². The van der Waals surface area contributed by atoms with Crippen LogP contribution < -0.4 is 0 Å². The van der Waals surface area contributed by atoms with Crippen molar-refractivity contribution < 1.29 is 28.6 Å². The Kier molecular flexibility index (Phi) is 53.9. The highest BCUT2D eigenvalue weighted by atomic mass is 16.6. The van der Waals surface area contributed by atoms with Crippen LogP contribution in [0.2, 0.25) is 0 Å². The molecular weight excluding hydrogens is 853 g/mol. The summed E-state index contributed by atoms with van der Waals surface area (Å²) in [5.74, 6) is -0.936. The van der Waals surface area contributed by atoms with Crippen LogP contribution in [0.15, 0.2) is 97.2 Å². The zero-order valence-electron chi connectivity index (χ0n) is 45.0. The number of hydrogen-bond donors (Lipinski definition) is 0. The molecule has 0 aliphatic heterocycles. The summed E-state index contributed by atoms with van der Waals surface area (Å²) in [6.45, 7) is 6.46. The minimum atomic E-state index is -0.799. The number of esters is 3. The number of hydrogen-bond acceptors (Lipinski definition) is 6. The van der Waals surface area contributed by atoms with E-state index in [2.05, 4.69) is 118 Å². The average Bonchev–Trinajstić information content (AvgIpc) is 3.35. The van der Waals surface area contributed by atoms with Crippen molar-refractivity contribution >= 4 is 17.9 Å². The summed E-state index contributed by atoms with van der Waals surface area (Å²) in [6, 6.07) is 0. The fourth-order valence-electron chi connectivity index (χ4n) is 7.73. The summed E-state index contributed by atoms with van der Waals surface area (Å²) < 4.78 is 16.8. The zero-order chi connectivity index (χ0) is 50.0. The lowest BCUT2D eigenvalue weighted by Crippen LogP contribution is -2.30. The van der Waals surface area contributed by atoms with Gasteiger partial charge < -0.3 is 14.2 Å². The molecule has 69 heavy (non-hydrogen) atoms. The van der Waals surface area contributed by atoms with Crippen LogP contribution in [0.4, 0.5) is 0 Å². The Hall–Kier alpha value is -3.67. The molecule has 0 aromatic heterocycles.